The first-order chi connectivity index (χ1) is 12.7. The number of hydrogen-bond donors (Lipinski definition) is 1. The van der Waals surface area contributed by atoms with Crippen molar-refractivity contribution in [3.63, 3.8) is 0 Å². The van der Waals surface area contributed by atoms with Crippen molar-refractivity contribution in [2.45, 2.75) is 58.0 Å². The van der Waals surface area contributed by atoms with Gasteiger partial charge in [0.05, 0.1) is 6.04 Å². The lowest BCUT2D eigenvalue weighted by Crippen LogP contribution is -2.35. The molecule has 1 N–H and O–H groups in total. The van der Waals surface area contributed by atoms with E-state index in [1.165, 1.54) is 29.7 Å². The predicted molar refractivity (Wildman–Crippen MR) is 102 cm³/mol. The summed E-state index contributed by atoms with van der Waals surface area (Å²) in [4.78, 5) is 24.8. The quantitative estimate of drug-likeness (QED) is 0.825. The number of nitrogens with zero attached hydrogens (tertiary/aromatic N) is 2. The summed E-state index contributed by atoms with van der Waals surface area (Å²) < 4.78 is 1.39. The van der Waals surface area contributed by atoms with Gasteiger partial charge in [0.25, 0.3) is 11.5 Å². The molecule has 0 aliphatic heterocycles. The molecule has 1 unspecified atom stereocenters. The minimum Gasteiger partial charge on any atom is -0.344 e. The normalized spacial score (nSPS) is 15.7. The molecule has 5 nitrogen and oxygen atoms in total. The second kappa shape index (κ2) is 8.79. The molecule has 1 aliphatic rings. The van der Waals surface area contributed by atoms with Gasteiger partial charge in [-0.1, -0.05) is 56.5 Å². The van der Waals surface area contributed by atoms with E-state index >= 15 is 0 Å². The molecule has 1 aliphatic carbocycles. The van der Waals surface area contributed by atoms with Crippen LogP contribution in [0.1, 0.15) is 67.5 Å². The van der Waals surface area contributed by atoms with E-state index in [-0.39, 0.29) is 17.5 Å². The Hall–Kier alpha value is -2.43. The highest BCUT2D eigenvalue weighted by Gasteiger charge is 2.28. The molecular weight excluding hydrogens is 326 g/mol. The Morgan fingerprint density at radius 3 is 2.62 bits per heavy atom. The van der Waals surface area contributed by atoms with E-state index < -0.39 is 0 Å². The fourth-order valence-electron chi connectivity index (χ4n) is 3.68. The molecule has 1 aromatic heterocycles. The largest absolute Gasteiger partial charge is 0.344 e. The van der Waals surface area contributed by atoms with Gasteiger partial charge in [0, 0.05) is 12.6 Å². The van der Waals surface area contributed by atoms with E-state index in [4.69, 9.17) is 0 Å². The highest BCUT2D eigenvalue weighted by molar-refractivity contribution is 5.92. The van der Waals surface area contributed by atoms with Crippen LogP contribution in [-0.4, -0.2) is 15.7 Å². The number of nitrogens with one attached hydrogen (secondary N) is 1. The van der Waals surface area contributed by atoms with Crippen LogP contribution in [0.2, 0.25) is 0 Å². The number of aryl methyl sites for hydroxylation is 1. The molecule has 138 valence electrons. The summed E-state index contributed by atoms with van der Waals surface area (Å²) in [6, 6.07) is 13.1. The third kappa shape index (κ3) is 4.40. The average Bonchev–Trinajstić information content (AvgIpc) is 3.20. The average molecular weight is 353 g/mol. The van der Waals surface area contributed by atoms with E-state index in [2.05, 4.69) is 29.5 Å². The van der Waals surface area contributed by atoms with Crippen molar-refractivity contribution in [3.05, 3.63) is 64.1 Å². The minimum atomic E-state index is -0.212. The number of rotatable bonds is 7. The fraction of sp³-hybridized carbons (Fsp3) is 0.476. The molecule has 5 heteroatoms. The van der Waals surface area contributed by atoms with Crippen molar-refractivity contribution in [1.82, 2.24) is 15.1 Å². The number of hydrogen-bond acceptors (Lipinski definition) is 3. The van der Waals surface area contributed by atoms with Gasteiger partial charge in [0.15, 0.2) is 0 Å². The summed E-state index contributed by atoms with van der Waals surface area (Å²) in [5, 5.41) is 7.45. The molecule has 0 radical (unpaired) electrons. The molecule has 2 aromatic rings. The second-order valence-electron chi connectivity index (χ2n) is 7.04. The molecular formula is C21H27N3O2. The molecule has 1 heterocycles. The van der Waals surface area contributed by atoms with Gasteiger partial charge >= 0.3 is 0 Å². The summed E-state index contributed by atoms with van der Waals surface area (Å²) in [6.45, 7) is 2.61. The van der Waals surface area contributed by atoms with Gasteiger partial charge in [-0.05, 0) is 36.8 Å². The van der Waals surface area contributed by atoms with Crippen LogP contribution in [0, 0.1) is 5.92 Å². The van der Waals surface area contributed by atoms with E-state index in [1.807, 2.05) is 18.2 Å². The minimum absolute atomic E-state index is 0.0102. The second-order valence-corrected chi connectivity index (χ2v) is 7.04. The van der Waals surface area contributed by atoms with Crippen molar-refractivity contribution in [2.24, 2.45) is 5.92 Å². The van der Waals surface area contributed by atoms with E-state index in [1.54, 1.807) is 0 Å². The number of aromatic nitrogens is 2. The first-order valence-corrected chi connectivity index (χ1v) is 9.63. The number of amides is 1. The molecule has 26 heavy (non-hydrogen) atoms. The van der Waals surface area contributed by atoms with Gasteiger partial charge in [0.1, 0.15) is 5.69 Å². The summed E-state index contributed by atoms with van der Waals surface area (Å²) >= 11 is 0. The first kappa shape index (κ1) is 18.4. The van der Waals surface area contributed by atoms with Gasteiger partial charge in [0.2, 0.25) is 0 Å². The Balaban J connectivity index is 1.80. The lowest BCUT2D eigenvalue weighted by Gasteiger charge is -2.25. The van der Waals surface area contributed by atoms with E-state index in [0.717, 1.165) is 31.2 Å². The summed E-state index contributed by atoms with van der Waals surface area (Å²) in [6.07, 6.45) is 6.52. The smallest absolute Gasteiger partial charge is 0.272 e. The number of unbranched alkanes of at least 4 members (excludes halogenated alkanes) is 1. The lowest BCUT2D eigenvalue weighted by molar-refractivity contribution is 0.0914. The fourth-order valence-corrected chi connectivity index (χ4v) is 3.68. The van der Waals surface area contributed by atoms with E-state index in [0.29, 0.717) is 18.2 Å². The third-order valence-corrected chi connectivity index (χ3v) is 5.14. The Kier molecular flexibility index (Phi) is 6.21. The molecule has 1 saturated carbocycles. The standard InChI is InChI=1S/C21H27N3O2/c1-2-3-15-24-19(25)14-13-18(23-24)21(26)22-20(17-11-7-8-12-17)16-9-5-4-6-10-16/h4-6,9-10,13-14,17,20H,2-3,7-8,11-12,15H2,1H3,(H,22,26). The predicted octanol–water partition coefficient (Wildman–Crippen LogP) is 3.70. The Morgan fingerprint density at radius 2 is 1.92 bits per heavy atom. The number of carbonyl (C=O) groups is 1. The van der Waals surface area contributed by atoms with Crippen LogP contribution in [0.25, 0.3) is 0 Å². The maximum absolute atomic E-state index is 12.8. The number of carbonyl (C=O) groups excluding carboxylic acids is 1. The molecule has 0 spiro atoms. The summed E-state index contributed by atoms with van der Waals surface area (Å²) in [7, 11) is 0. The highest BCUT2D eigenvalue weighted by Crippen LogP contribution is 2.35. The van der Waals surface area contributed by atoms with Gasteiger partial charge in [-0.25, -0.2) is 4.68 Å². The SMILES string of the molecule is CCCCn1nc(C(=O)NC(c2ccccc2)C2CCCC2)ccc1=O. The maximum Gasteiger partial charge on any atom is 0.272 e. The van der Waals surface area contributed by atoms with Crippen LogP contribution in [0.3, 0.4) is 0 Å². The summed E-state index contributed by atoms with van der Waals surface area (Å²) in [5.41, 5.74) is 1.28. The molecule has 0 saturated heterocycles. The van der Waals surface area contributed by atoms with Gasteiger partial charge < -0.3 is 5.32 Å². The molecule has 0 bridgehead atoms. The third-order valence-electron chi connectivity index (χ3n) is 5.14. The van der Waals surface area contributed by atoms with Crippen LogP contribution < -0.4 is 10.9 Å². The van der Waals surface area contributed by atoms with Gasteiger partial charge in [-0.2, -0.15) is 5.10 Å². The lowest BCUT2D eigenvalue weighted by atomic mass is 9.91. The Bertz CT molecular complexity index is 779. The topological polar surface area (TPSA) is 64.0 Å². The Morgan fingerprint density at radius 1 is 1.19 bits per heavy atom. The molecule has 1 fully saturated rings. The van der Waals surface area contributed by atoms with Crippen molar-refractivity contribution in [3.8, 4) is 0 Å². The van der Waals surface area contributed by atoms with Crippen molar-refractivity contribution >= 4 is 5.91 Å². The van der Waals surface area contributed by atoms with Crippen molar-refractivity contribution < 1.29 is 4.79 Å². The van der Waals surface area contributed by atoms with Crippen LogP contribution in [0.4, 0.5) is 0 Å². The van der Waals surface area contributed by atoms with Crippen LogP contribution in [-0.2, 0) is 6.54 Å². The molecule has 3 rings (SSSR count). The highest BCUT2D eigenvalue weighted by atomic mass is 16.2. The van der Waals surface area contributed by atoms with Gasteiger partial charge in [-0.3, -0.25) is 9.59 Å². The zero-order chi connectivity index (χ0) is 18.4. The van der Waals surface area contributed by atoms with Gasteiger partial charge in [-0.15, -0.1) is 0 Å². The van der Waals surface area contributed by atoms with Crippen LogP contribution in [0.5, 0.6) is 0 Å². The molecule has 1 amide bonds. The molecule has 1 aromatic carbocycles. The zero-order valence-electron chi connectivity index (χ0n) is 15.4. The van der Waals surface area contributed by atoms with Crippen LogP contribution >= 0.6 is 0 Å². The maximum atomic E-state index is 12.8. The molecule has 1 atom stereocenters. The monoisotopic (exact) mass is 353 g/mol. The van der Waals surface area contributed by atoms with Crippen molar-refractivity contribution in [2.75, 3.05) is 0 Å². The number of benzene rings is 1. The Labute approximate surface area is 154 Å². The van der Waals surface area contributed by atoms with Crippen molar-refractivity contribution in [1.29, 1.82) is 0 Å². The zero-order valence-corrected chi connectivity index (χ0v) is 15.4. The summed E-state index contributed by atoms with van der Waals surface area (Å²) in [5.74, 6) is 0.239. The van der Waals surface area contributed by atoms with E-state index in [9.17, 15) is 9.59 Å². The van der Waals surface area contributed by atoms with Crippen LogP contribution in [0.15, 0.2) is 47.3 Å². The first-order valence-electron chi connectivity index (χ1n) is 9.63.